The van der Waals surface area contributed by atoms with Crippen LogP contribution in [-0.4, -0.2) is 5.78 Å². The van der Waals surface area contributed by atoms with E-state index in [1.807, 2.05) is 18.2 Å². The number of benzene rings is 1. The third-order valence-corrected chi connectivity index (χ3v) is 2.92. The van der Waals surface area contributed by atoms with Gasteiger partial charge in [0, 0.05) is 12.8 Å². The van der Waals surface area contributed by atoms with Crippen LogP contribution in [0, 0.1) is 0 Å². The second-order valence-corrected chi connectivity index (χ2v) is 4.10. The molecule has 0 amide bonds. The number of rotatable bonds is 1. The zero-order valence-electron chi connectivity index (χ0n) is 8.86. The highest BCUT2D eigenvalue weighted by Crippen LogP contribution is 2.26. The lowest BCUT2D eigenvalue weighted by atomic mass is 9.88. The summed E-state index contributed by atoms with van der Waals surface area (Å²) in [6.45, 7) is 0. The van der Waals surface area contributed by atoms with Crippen LogP contribution in [0.25, 0.3) is 0 Å². The molecule has 1 unspecified atom stereocenters. The van der Waals surface area contributed by atoms with Gasteiger partial charge in [-0.1, -0.05) is 42.5 Å². The second kappa shape index (κ2) is 4.92. The third-order valence-electron chi connectivity index (χ3n) is 2.92. The number of allylic oxidation sites excluding steroid dienone is 2. The molecule has 15 heavy (non-hydrogen) atoms. The third kappa shape index (κ3) is 2.79. The molecule has 1 aliphatic carbocycles. The van der Waals surface area contributed by atoms with Crippen molar-refractivity contribution in [2.24, 2.45) is 0 Å². The first kappa shape index (κ1) is 10.2. The topological polar surface area (TPSA) is 17.1 Å². The minimum Gasteiger partial charge on any atom is -0.300 e. The van der Waals surface area contributed by atoms with Gasteiger partial charge in [-0.3, -0.25) is 4.79 Å². The fraction of sp³-hybridized carbons (Fsp3) is 0.357. The smallest absolute Gasteiger partial charge is 0.133 e. The minimum atomic E-state index is 0.384. The van der Waals surface area contributed by atoms with E-state index in [9.17, 15) is 4.79 Å². The number of carbonyl (C=O) groups excluding carboxylic acids is 1. The predicted molar refractivity (Wildman–Crippen MR) is 61.8 cm³/mol. The molecule has 1 aliphatic rings. The van der Waals surface area contributed by atoms with E-state index in [0.29, 0.717) is 24.5 Å². The summed E-state index contributed by atoms with van der Waals surface area (Å²) in [6, 6.07) is 10.3. The molecule has 0 aliphatic heterocycles. The molecule has 0 aromatic heterocycles. The van der Waals surface area contributed by atoms with Gasteiger partial charge < -0.3 is 0 Å². The molecule has 0 fully saturated rings. The molecular formula is C14H16O. The number of ketones is 1. The molecule has 0 bridgehead atoms. The summed E-state index contributed by atoms with van der Waals surface area (Å²) in [5.41, 5.74) is 1.29. The SMILES string of the molecule is O=C1CC/C=C\CC(c2ccccc2)C1. The number of hydrogen-bond donors (Lipinski definition) is 0. The molecular weight excluding hydrogens is 184 g/mol. The molecule has 0 saturated carbocycles. The van der Waals surface area contributed by atoms with Gasteiger partial charge in [0.2, 0.25) is 0 Å². The largest absolute Gasteiger partial charge is 0.300 e. The molecule has 1 nitrogen and oxygen atoms in total. The first-order valence-corrected chi connectivity index (χ1v) is 5.58. The maximum atomic E-state index is 11.6. The average Bonchev–Trinajstić information content (AvgIpc) is 2.24. The lowest BCUT2D eigenvalue weighted by molar-refractivity contribution is -0.119. The van der Waals surface area contributed by atoms with Crippen molar-refractivity contribution in [1.82, 2.24) is 0 Å². The van der Waals surface area contributed by atoms with E-state index in [1.54, 1.807) is 0 Å². The summed E-state index contributed by atoms with van der Waals surface area (Å²) < 4.78 is 0. The van der Waals surface area contributed by atoms with Gasteiger partial charge in [-0.2, -0.15) is 0 Å². The Labute approximate surface area is 90.8 Å². The summed E-state index contributed by atoms with van der Waals surface area (Å²) in [7, 11) is 0. The molecule has 78 valence electrons. The van der Waals surface area contributed by atoms with Crippen LogP contribution in [0.1, 0.15) is 37.2 Å². The van der Waals surface area contributed by atoms with Crippen molar-refractivity contribution in [3.63, 3.8) is 0 Å². The summed E-state index contributed by atoms with van der Waals surface area (Å²) in [5, 5.41) is 0. The van der Waals surface area contributed by atoms with Crippen molar-refractivity contribution in [3.8, 4) is 0 Å². The molecule has 0 saturated heterocycles. The van der Waals surface area contributed by atoms with Crippen molar-refractivity contribution in [3.05, 3.63) is 48.0 Å². The fourth-order valence-corrected chi connectivity index (χ4v) is 2.06. The predicted octanol–water partition coefficient (Wildman–Crippen LogP) is 3.47. The molecule has 1 aromatic carbocycles. The van der Waals surface area contributed by atoms with Crippen molar-refractivity contribution in [1.29, 1.82) is 0 Å². The summed E-state index contributed by atoms with van der Waals surface area (Å²) in [4.78, 5) is 11.6. The molecule has 2 rings (SSSR count). The van der Waals surface area contributed by atoms with Crippen molar-refractivity contribution in [2.45, 2.75) is 31.6 Å². The Morgan fingerprint density at radius 1 is 1.07 bits per heavy atom. The van der Waals surface area contributed by atoms with Crippen LogP contribution in [0.15, 0.2) is 42.5 Å². The Balaban J connectivity index is 2.16. The summed E-state index contributed by atoms with van der Waals surface area (Å²) in [5.74, 6) is 0.781. The van der Waals surface area contributed by atoms with Gasteiger partial charge in [0.15, 0.2) is 0 Å². The summed E-state index contributed by atoms with van der Waals surface area (Å²) in [6.07, 6.45) is 7.67. The zero-order valence-corrected chi connectivity index (χ0v) is 8.86. The fourth-order valence-electron chi connectivity index (χ4n) is 2.06. The van der Waals surface area contributed by atoms with Gasteiger partial charge in [-0.05, 0) is 24.3 Å². The van der Waals surface area contributed by atoms with Crippen molar-refractivity contribution in [2.75, 3.05) is 0 Å². The van der Waals surface area contributed by atoms with Gasteiger partial charge in [0.25, 0.3) is 0 Å². The molecule has 1 aromatic rings. The Morgan fingerprint density at radius 2 is 1.87 bits per heavy atom. The van der Waals surface area contributed by atoms with E-state index in [-0.39, 0.29) is 0 Å². The Bertz CT molecular complexity index is 351. The Morgan fingerprint density at radius 3 is 2.67 bits per heavy atom. The quantitative estimate of drug-likeness (QED) is 0.634. The Kier molecular flexibility index (Phi) is 3.33. The maximum absolute atomic E-state index is 11.6. The highest BCUT2D eigenvalue weighted by Gasteiger charge is 2.15. The normalized spacial score (nSPS) is 24.3. The van der Waals surface area contributed by atoms with E-state index in [4.69, 9.17) is 0 Å². The average molecular weight is 200 g/mol. The molecule has 0 spiro atoms. The van der Waals surface area contributed by atoms with E-state index in [0.717, 1.165) is 12.8 Å². The van der Waals surface area contributed by atoms with Crippen LogP contribution in [0.3, 0.4) is 0 Å². The first-order valence-electron chi connectivity index (χ1n) is 5.58. The lowest BCUT2D eigenvalue weighted by Crippen LogP contribution is -2.08. The standard InChI is InChI=1S/C14H16O/c15-14-10-6-2-5-9-13(11-14)12-7-3-1-4-8-12/h1-5,7-8,13H,6,9-11H2/b5-2-. The van der Waals surface area contributed by atoms with Crippen LogP contribution in [0.4, 0.5) is 0 Å². The molecule has 0 heterocycles. The maximum Gasteiger partial charge on any atom is 0.133 e. The molecule has 0 radical (unpaired) electrons. The highest BCUT2D eigenvalue weighted by atomic mass is 16.1. The van der Waals surface area contributed by atoms with Crippen LogP contribution >= 0.6 is 0 Å². The number of hydrogen-bond acceptors (Lipinski definition) is 1. The van der Waals surface area contributed by atoms with E-state index >= 15 is 0 Å². The van der Waals surface area contributed by atoms with Crippen molar-refractivity contribution < 1.29 is 4.79 Å². The van der Waals surface area contributed by atoms with Gasteiger partial charge >= 0.3 is 0 Å². The minimum absolute atomic E-state index is 0.384. The van der Waals surface area contributed by atoms with E-state index < -0.39 is 0 Å². The van der Waals surface area contributed by atoms with Crippen LogP contribution in [-0.2, 0) is 4.79 Å². The van der Waals surface area contributed by atoms with Crippen molar-refractivity contribution >= 4 is 5.78 Å². The number of carbonyl (C=O) groups is 1. The van der Waals surface area contributed by atoms with Gasteiger partial charge in [-0.15, -0.1) is 0 Å². The number of Topliss-reactive ketones (excluding diaryl/α,β-unsaturated/α-hetero) is 1. The second-order valence-electron chi connectivity index (χ2n) is 4.10. The summed E-state index contributed by atoms with van der Waals surface area (Å²) >= 11 is 0. The molecule has 1 atom stereocenters. The van der Waals surface area contributed by atoms with Gasteiger partial charge in [0.05, 0.1) is 0 Å². The van der Waals surface area contributed by atoms with E-state index in [1.165, 1.54) is 5.56 Å². The van der Waals surface area contributed by atoms with Gasteiger partial charge in [0.1, 0.15) is 5.78 Å². The van der Waals surface area contributed by atoms with Crippen LogP contribution in [0.5, 0.6) is 0 Å². The molecule has 0 N–H and O–H groups in total. The Hall–Kier alpha value is -1.37. The highest BCUT2D eigenvalue weighted by molar-refractivity contribution is 5.79. The molecule has 1 heteroatoms. The zero-order chi connectivity index (χ0) is 10.5. The lowest BCUT2D eigenvalue weighted by Gasteiger charge is -2.16. The van der Waals surface area contributed by atoms with Crippen LogP contribution < -0.4 is 0 Å². The first-order chi connectivity index (χ1) is 7.36. The van der Waals surface area contributed by atoms with Gasteiger partial charge in [-0.25, -0.2) is 0 Å². The van der Waals surface area contributed by atoms with E-state index in [2.05, 4.69) is 24.3 Å². The monoisotopic (exact) mass is 200 g/mol. The van der Waals surface area contributed by atoms with Crippen LogP contribution in [0.2, 0.25) is 0 Å².